The van der Waals surface area contributed by atoms with Gasteiger partial charge in [0, 0.05) is 6.42 Å². The minimum Gasteiger partial charge on any atom is -0.462 e. The van der Waals surface area contributed by atoms with Crippen molar-refractivity contribution in [1.29, 1.82) is 0 Å². The number of nitrogens with one attached hydrogen (secondary N) is 1. The number of aliphatic hydroxyl groups is 2. The van der Waals surface area contributed by atoms with Crippen LogP contribution in [0.3, 0.4) is 0 Å². The summed E-state index contributed by atoms with van der Waals surface area (Å²) in [5, 5.41) is 23.7. The van der Waals surface area contributed by atoms with E-state index in [0.29, 0.717) is 19.3 Å². The first-order valence-electron chi connectivity index (χ1n) is 25.7. The fraction of sp³-hybridized carbons (Fsp3) is 0.849. The van der Waals surface area contributed by atoms with Crippen LogP contribution in [0.5, 0.6) is 0 Å². The third-order valence-electron chi connectivity index (χ3n) is 11.7. The lowest BCUT2D eigenvalue weighted by Gasteiger charge is -2.24. The molecular weight excluding hydrogens is 731 g/mol. The third kappa shape index (κ3) is 42.6. The molecule has 3 N–H and O–H groups in total. The minimum absolute atomic E-state index is 0.0657. The lowest BCUT2D eigenvalue weighted by atomic mass is 10.0. The molecule has 0 spiro atoms. The molecule has 0 rings (SSSR count). The van der Waals surface area contributed by atoms with E-state index < -0.39 is 18.2 Å². The van der Waals surface area contributed by atoms with Gasteiger partial charge in [-0.05, 0) is 83.5 Å². The molecular formula is C53H99NO5. The third-order valence-corrected chi connectivity index (χ3v) is 11.7. The van der Waals surface area contributed by atoms with Crippen LogP contribution >= 0.6 is 0 Å². The summed E-state index contributed by atoms with van der Waals surface area (Å²) in [5.74, 6) is -0.491. The first-order valence-corrected chi connectivity index (χ1v) is 25.7. The van der Waals surface area contributed by atoms with Gasteiger partial charge in [0.1, 0.15) is 6.10 Å². The summed E-state index contributed by atoms with van der Waals surface area (Å²) in [6.45, 7) is 6.44. The maximum Gasteiger partial charge on any atom is 0.306 e. The normalized spacial score (nSPS) is 13.5. The number of carbonyl (C=O) groups excluding carboxylic acids is 2. The summed E-state index contributed by atoms with van der Waals surface area (Å²) < 4.78 is 5.92. The summed E-state index contributed by atoms with van der Waals surface area (Å²) in [6, 6.07) is -0.704. The van der Waals surface area contributed by atoms with Gasteiger partial charge >= 0.3 is 5.97 Å². The molecule has 0 fully saturated rings. The van der Waals surface area contributed by atoms with Crippen LogP contribution in [-0.2, 0) is 14.3 Å². The van der Waals surface area contributed by atoms with E-state index in [1.165, 1.54) is 141 Å². The molecule has 0 aliphatic rings. The van der Waals surface area contributed by atoms with Gasteiger partial charge < -0.3 is 20.3 Å². The Bertz CT molecular complexity index is 977. The van der Waals surface area contributed by atoms with E-state index in [-0.39, 0.29) is 24.9 Å². The zero-order valence-electron chi connectivity index (χ0n) is 39.4. The summed E-state index contributed by atoms with van der Waals surface area (Å²) in [6.07, 6.45) is 54.9. The van der Waals surface area contributed by atoms with Gasteiger partial charge in [-0.2, -0.15) is 0 Å². The van der Waals surface area contributed by atoms with Crippen molar-refractivity contribution in [3.8, 4) is 0 Å². The van der Waals surface area contributed by atoms with Crippen molar-refractivity contribution < 1.29 is 24.5 Å². The summed E-state index contributed by atoms with van der Waals surface area (Å²) >= 11 is 0. The van der Waals surface area contributed by atoms with Crippen LogP contribution in [0.4, 0.5) is 0 Å². The Morgan fingerprint density at radius 1 is 0.492 bits per heavy atom. The van der Waals surface area contributed by atoms with E-state index in [0.717, 1.165) is 77.0 Å². The molecule has 0 aromatic heterocycles. The molecule has 59 heavy (non-hydrogen) atoms. The molecule has 3 unspecified atom stereocenters. The fourth-order valence-corrected chi connectivity index (χ4v) is 7.75. The molecule has 0 aromatic carbocycles. The van der Waals surface area contributed by atoms with Crippen LogP contribution in [0.1, 0.15) is 265 Å². The average molecular weight is 830 g/mol. The van der Waals surface area contributed by atoms with Gasteiger partial charge in [-0.3, -0.25) is 9.59 Å². The van der Waals surface area contributed by atoms with E-state index in [2.05, 4.69) is 62.5 Å². The highest BCUT2D eigenvalue weighted by atomic mass is 16.5. The number of hydrogen-bond donors (Lipinski definition) is 3. The number of esters is 1. The Kier molecular flexibility index (Phi) is 45.6. The van der Waals surface area contributed by atoms with Gasteiger partial charge in [0.25, 0.3) is 0 Å². The standard InChI is InChI=1S/C53H99NO5/c1-4-7-10-13-16-19-21-23-25-26-27-29-31-34-37-40-43-46-53(58)59-49(44-41-38-35-33-30-28-24-22-20-17-14-11-8-5-2)47-52(57)54-50(48-55)51(56)45-42-39-36-32-18-15-12-9-6-3/h16,19,23,25,28,30,49-51,55-56H,4-15,17-18,20-22,24,26-27,29,31-48H2,1-3H3,(H,54,57)/b19-16-,25-23-,30-28+. The van der Waals surface area contributed by atoms with Crippen molar-refractivity contribution >= 4 is 11.9 Å². The van der Waals surface area contributed by atoms with Crippen LogP contribution in [-0.4, -0.2) is 46.9 Å². The van der Waals surface area contributed by atoms with Crippen LogP contribution < -0.4 is 5.32 Å². The van der Waals surface area contributed by atoms with Crippen molar-refractivity contribution in [2.75, 3.05) is 6.61 Å². The Balaban J connectivity index is 4.58. The van der Waals surface area contributed by atoms with Gasteiger partial charge in [-0.15, -0.1) is 0 Å². The van der Waals surface area contributed by atoms with E-state index in [4.69, 9.17) is 4.74 Å². The molecule has 0 aliphatic carbocycles. The average Bonchev–Trinajstić information content (AvgIpc) is 3.23. The smallest absolute Gasteiger partial charge is 0.306 e. The molecule has 6 heteroatoms. The quantitative estimate of drug-likeness (QED) is 0.0323. The molecule has 1 amide bonds. The number of rotatable bonds is 46. The molecule has 346 valence electrons. The number of carbonyl (C=O) groups is 2. The van der Waals surface area contributed by atoms with E-state index in [1.54, 1.807) is 0 Å². The molecule has 0 aromatic rings. The van der Waals surface area contributed by atoms with Crippen LogP contribution in [0.15, 0.2) is 36.5 Å². The van der Waals surface area contributed by atoms with Gasteiger partial charge in [0.05, 0.1) is 25.2 Å². The zero-order valence-corrected chi connectivity index (χ0v) is 39.4. The highest BCUT2D eigenvalue weighted by molar-refractivity contribution is 5.77. The number of aliphatic hydroxyl groups excluding tert-OH is 2. The molecule has 0 aliphatic heterocycles. The molecule has 0 radical (unpaired) electrons. The lowest BCUT2D eigenvalue weighted by molar-refractivity contribution is -0.151. The molecule has 6 nitrogen and oxygen atoms in total. The molecule has 0 bridgehead atoms. The van der Waals surface area contributed by atoms with Crippen molar-refractivity contribution in [3.05, 3.63) is 36.5 Å². The zero-order chi connectivity index (χ0) is 43.1. The summed E-state index contributed by atoms with van der Waals surface area (Å²) in [5.41, 5.74) is 0. The second-order valence-electron chi connectivity index (χ2n) is 17.6. The minimum atomic E-state index is -0.789. The first-order chi connectivity index (χ1) is 29.0. The second kappa shape index (κ2) is 47.1. The van der Waals surface area contributed by atoms with Gasteiger partial charge in [-0.25, -0.2) is 0 Å². The Morgan fingerprint density at radius 2 is 0.864 bits per heavy atom. The van der Waals surface area contributed by atoms with Crippen LogP contribution in [0.2, 0.25) is 0 Å². The number of ether oxygens (including phenoxy) is 1. The molecule has 0 heterocycles. The Labute approximate surface area is 366 Å². The maximum atomic E-state index is 13.2. The van der Waals surface area contributed by atoms with Gasteiger partial charge in [0.2, 0.25) is 5.91 Å². The monoisotopic (exact) mass is 830 g/mol. The highest BCUT2D eigenvalue weighted by Gasteiger charge is 2.24. The largest absolute Gasteiger partial charge is 0.462 e. The van der Waals surface area contributed by atoms with Crippen molar-refractivity contribution in [2.45, 2.75) is 283 Å². The Morgan fingerprint density at radius 3 is 1.36 bits per heavy atom. The number of unbranched alkanes of at least 4 members (excludes halogenated alkanes) is 28. The first kappa shape index (κ1) is 57.1. The fourth-order valence-electron chi connectivity index (χ4n) is 7.75. The highest BCUT2D eigenvalue weighted by Crippen LogP contribution is 2.17. The maximum absolute atomic E-state index is 13.2. The SMILES string of the molecule is CCCCC/C=C\C/C=C\CCCCCCCCCC(=O)OC(CCCCC/C=C/CCCCCCCCC)CC(=O)NC(CO)C(O)CCCCCCCCCCC. The molecule has 0 saturated carbocycles. The van der Waals surface area contributed by atoms with Gasteiger partial charge in [-0.1, -0.05) is 205 Å². The van der Waals surface area contributed by atoms with E-state index in [9.17, 15) is 19.8 Å². The van der Waals surface area contributed by atoms with E-state index >= 15 is 0 Å². The second-order valence-corrected chi connectivity index (χ2v) is 17.6. The van der Waals surface area contributed by atoms with Gasteiger partial charge in [0.15, 0.2) is 0 Å². The van der Waals surface area contributed by atoms with Crippen molar-refractivity contribution in [2.24, 2.45) is 0 Å². The summed E-state index contributed by atoms with van der Waals surface area (Å²) in [4.78, 5) is 26.1. The molecule has 3 atom stereocenters. The van der Waals surface area contributed by atoms with E-state index in [1.807, 2.05) is 0 Å². The van der Waals surface area contributed by atoms with Crippen molar-refractivity contribution in [3.63, 3.8) is 0 Å². The lowest BCUT2D eigenvalue weighted by Crippen LogP contribution is -2.46. The van der Waals surface area contributed by atoms with Crippen LogP contribution in [0.25, 0.3) is 0 Å². The number of amides is 1. The van der Waals surface area contributed by atoms with Crippen LogP contribution in [0, 0.1) is 0 Å². The predicted octanol–water partition coefficient (Wildman–Crippen LogP) is 15.3. The number of hydrogen-bond acceptors (Lipinski definition) is 5. The summed E-state index contributed by atoms with van der Waals surface area (Å²) in [7, 11) is 0. The number of allylic oxidation sites excluding steroid dienone is 6. The van der Waals surface area contributed by atoms with Crippen molar-refractivity contribution in [1.82, 2.24) is 5.32 Å². The Hall–Kier alpha value is -1.92. The topological polar surface area (TPSA) is 95.9 Å². The predicted molar refractivity (Wildman–Crippen MR) is 255 cm³/mol. The molecule has 0 saturated heterocycles.